The van der Waals surface area contributed by atoms with Crippen LogP contribution in [0.25, 0.3) is 0 Å². The van der Waals surface area contributed by atoms with Gasteiger partial charge in [-0.2, -0.15) is 0 Å². The molecular weight excluding hydrogens is 280 g/mol. The first-order valence-corrected chi connectivity index (χ1v) is 7.57. The highest BCUT2D eigenvalue weighted by Gasteiger charge is 2.14. The van der Waals surface area contributed by atoms with Crippen LogP contribution in [0.2, 0.25) is 0 Å². The van der Waals surface area contributed by atoms with E-state index < -0.39 is 10.0 Å². The molecule has 20 heavy (non-hydrogen) atoms. The molecule has 0 amide bonds. The molecule has 0 aliphatic heterocycles. The predicted octanol–water partition coefficient (Wildman–Crippen LogP) is 0.531. The Hall–Kier alpha value is -1.77. The molecular formula is C12H16N4O3S. The van der Waals surface area contributed by atoms with Gasteiger partial charge < -0.3 is 4.74 Å². The molecule has 0 bridgehead atoms. The quantitative estimate of drug-likeness (QED) is 0.838. The Morgan fingerprint density at radius 2 is 2.05 bits per heavy atom. The summed E-state index contributed by atoms with van der Waals surface area (Å²) in [7, 11) is -3.86. The highest BCUT2D eigenvalue weighted by Crippen LogP contribution is 2.05. The monoisotopic (exact) mass is 296 g/mol. The Morgan fingerprint density at radius 1 is 1.35 bits per heavy atom. The highest BCUT2D eigenvalue weighted by atomic mass is 32.2. The number of nitrogens with zero attached hydrogens (tertiary/aromatic N) is 3. The molecule has 2 aromatic rings. The van der Waals surface area contributed by atoms with Crippen LogP contribution in [0.5, 0.6) is 0 Å². The van der Waals surface area contributed by atoms with Crippen LogP contribution >= 0.6 is 0 Å². The molecule has 1 atom stereocenters. The minimum Gasteiger partial charge on any atom is -0.372 e. The summed E-state index contributed by atoms with van der Waals surface area (Å²) in [5, 5.41) is 8.35. The zero-order valence-electron chi connectivity index (χ0n) is 11.0. The lowest BCUT2D eigenvalue weighted by Gasteiger charge is -2.12. The van der Waals surface area contributed by atoms with E-state index in [1.165, 1.54) is 11.0 Å². The van der Waals surface area contributed by atoms with Crippen LogP contribution in [0.3, 0.4) is 0 Å². The summed E-state index contributed by atoms with van der Waals surface area (Å²) in [5.41, 5.74) is 1.07. The zero-order chi connectivity index (χ0) is 14.6. The van der Waals surface area contributed by atoms with E-state index in [4.69, 9.17) is 9.88 Å². The van der Waals surface area contributed by atoms with Crippen molar-refractivity contribution in [2.45, 2.75) is 31.3 Å². The lowest BCUT2D eigenvalue weighted by Crippen LogP contribution is -2.18. The van der Waals surface area contributed by atoms with E-state index in [1.54, 1.807) is 0 Å². The smallest absolute Gasteiger partial charge is 0.281 e. The van der Waals surface area contributed by atoms with Gasteiger partial charge in [0.15, 0.2) is 0 Å². The number of nitrogens with two attached hydrogens (primary N) is 1. The molecule has 1 aromatic carbocycles. The average Bonchev–Trinajstić information content (AvgIpc) is 2.86. The van der Waals surface area contributed by atoms with Crippen molar-refractivity contribution in [3.63, 3.8) is 0 Å². The molecule has 2 N–H and O–H groups in total. The number of primary sulfonamides is 1. The second kappa shape index (κ2) is 6.12. The lowest BCUT2D eigenvalue weighted by atomic mass is 10.2. The molecule has 2 rings (SSSR count). The van der Waals surface area contributed by atoms with Crippen molar-refractivity contribution >= 4 is 10.0 Å². The Morgan fingerprint density at radius 3 is 2.65 bits per heavy atom. The van der Waals surface area contributed by atoms with E-state index in [2.05, 4.69) is 10.1 Å². The number of benzene rings is 1. The second-order valence-electron chi connectivity index (χ2n) is 4.40. The van der Waals surface area contributed by atoms with Crippen molar-refractivity contribution in [1.82, 2.24) is 14.8 Å². The molecule has 0 radical (unpaired) electrons. The third kappa shape index (κ3) is 4.12. The van der Waals surface area contributed by atoms with Crippen molar-refractivity contribution in [1.29, 1.82) is 0 Å². The molecule has 0 fully saturated rings. The Balaban J connectivity index is 1.88. The fourth-order valence-electron chi connectivity index (χ4n) is 1.62. The first kappa shape index (κ1) is 14.6. The van der Waals surface area contributed by atoms with Crippen LogP contribution in [0.15, 0.2) is 41.8 Å². The molecule has 0 aliphatic rings. The van der Waals surface area contributed by atoms with Gasteiger partial charge in [-0.3, -0.25) is 0 Å². The first-order chi connectivity index (χ1) is 9.45. The van der Waals surface area contributed by atoms with Gasteiger partial charge in [0.05, 0.1) is 19.3 Å². The predicted molar refractivity (Wildman–Crippen MR) is 72.1 cm³/mol. The molecule has 0 aliphatic carbocycles. The topological polar surface area (TPSA) is 100 Å². The van der Waals surface area contributed by atoms with Gasteiger partial charge in [-0.25, -0.2) is 23.2 Å². The summed E-state index contributed by atoms with van der Waals surface area (Å²) >= 11 is 0. The molecule has 1 aromatic heterocycles. The molecule has 0 saturated carbocycles. The van der Waals surface area contributed by atoms with Gasteiger partial charge in [-0.05, 0) is 12.5 Å². The third-order valence-corrected chi connectivity index (χ3v) is 3.29. The van der Waals surface area contributed by atoms with E-state index in [9.17, 15) is 8.42 Å². The van der Waals surface area contributed by atoms with Crippen LogP contribution in [0, 0.1) is 0 Å². The SMILES string of the molecule is C[C@H](Cn1cnc(S(N)(=O)=O)n1)OCc1ccccc1. The highest BCUT2D eigenvalue weighted by molar-refractivity contribution is 7.89. The van der Waals surface area contributed by atoms with E-state index in [0.29, 0.717) is 13.2 Å². The average molecular weight is 296 g/mol. The van der Waals surface area contributed by atoms with Gasteiger partial charge >= 0.3 is 0 Å². The zero-order valence-corrected chi connectivity index (χ0v) is 11.8. The van der Waals surface area contributed by atoms with E-state index in [-0.39, 0.29) is 11.3 Å². The number of sulfonamides is 1. The molecule has 0 spiro atoms. The van der Waals surface area contributed by atoms with Crippen LogP contribution in [-0.2, 0) is 27.9 Å². The van der Waals surface area contributed by atoms with Gasteiger partial charge in [-0.1, -0.05) is 30.3 Å². The van der Waals surface area contributed by atoms with Crippen LogP contribution in [0.4, 0.5) is 0 Å². The Bertz CT molecular complexity index is 654. The normalized spacial score (nSPS) is 13.3. The van der Waals surface area contributed by atoms with Gasteiger partial charge in [0.25, 0.3) is 15.2 Å². The van der Waals surface area contributed by atoms with Crippen LogP contribution < -0.4 is 5.14 Å². The van der Waals surface area contributed by atoms with E-state index in [0.717, 1.165) is 5.56 Å². The van der Waals surface area contributed by atoms with Gasteiger partial charge in [0, 0.05) is 0 Å². The number of hydrogen-bond donors (Lipinski definition) is 1. The van der Waals surface area contributed by atoms with Crippen molar-refractivity contribution in [2.75, 3.05) is 0 Å². The maximum Gasteiger partial charge on any atom is 0.281 e. The van der Waals surface area contributed by atoms with Crippen molar-refractivity contribution in [2.24, 2.45) is 5.14 Å². The van der Waals surface area contributed by atoms with Gasteiger partial charge in [0.1, 0.15) is 6.33 Å². The van der Waals surface area contributed by atoms with Crippen LogP contribution in [-0.4, -0.2) is 29.3 Å². The summed E-state index contributed by atoms with van der Waals surface area (Å²) in [6, 6.07) is 9.78. The van der Waals surface area contributed by atoms with Gasteiger partial charge in [-0.15, -0.1) is 5.10 Å². The van der Waals surface area contributed by atoms with Crippen LogP contribution in [0.1, 0.15) is 12.5 Å². The Labute approximate surface area is 117 Å². The van der Waals surface area contributed by atoms with E-state index >= 15 is 0 Å². The molecule has 108 valence electrons. The summed E-state index contributed by atoms with van der Waals surface area (Å²) in [6.07, 6.45) is 1.19. The fraction of sp³-hybridized carbons (Fsp3) is 0.333. The largest absolute Gasteiger partial charge is 0.372 e. The van der Waals surface area contributed by atoms with Crippen molar-refractivity contribution in [3.8, 4) is 0 Å². The minimum absolute atomic E-state index is 0.134. The molecule has 8 heteroatoms. The summed E-state index contributed by atoms with van der Waals surface area (Å²) < 4.78 is 29.2. The lowest BCUT2D eigenvalue weighted by molar-refractivity contribution is 0.0393. The number of ether oxygens (including phenoxy) is 1. The minimum atomic E-state index is -3.86. The maximum absolute atomic E-state index is 11.1. The Kier molecular flexibility index (Phi) is 4.48. The summed E-state index contributed by atoms with van der Waals surface area (Å²) in [6.45, 7) is 2.76. The molecule has 0 unspecified atom stereocenters. The molecule has 1 heterocycles. The molecule has 0 saturated heterocycles. The number of rotatable bonds is 6. The number of aromatic nitrogens is 3. The summed E-state index contributed by atoms with van der Waals surface area (Å²) in [5.74, 6) is 0. The van der Waals surface area contributed by atoms with E-state index in [1.807, 2.05) is 37.3 Å². The van der Waals surface area contributed by atoms with Gasteiger partial charge in [0.2, 0.25) is 0 Å². The van der Waals surface area contributed by atoms with Crippen molar-refractivity contribution in [3.05, 3.63) is 42.2 Å². The van der Waals surface area contributed by atoms with Crippen molar-refractivity contribution < 1.29 is 13.2 Å². The summed E-state index contributed by atoms with van der Waals surface area (Å²) in [4.78, 5) is 3.64. The maximum atomic E-state index is 11.1. The number of hydrogen-bond acceptors (Lipinski definition) is 5. The molecule has 7 nitrogen and oxygen atoms in total. The fourth-order valence-corrected chi connectivity index (χ4v) is 2.04. The standard InChI is InChI=1S/C12H16N4O3S/c1-10(19-8-11-5-3-2-4-6-11)7-16-9-14-12(15-16)20(13,17)18/h2-6,9-10H,7-8H2,1H3,(H2,13,17,18)/t10-/m1/s1. The first-order valence-electron chi connectivity index (χ1n) is 6.03. The third-order valence-electron chi connectivity index (χ3n) is 2.59. The second-order valence-corrected chi connectivity index (χ2v) is 5.86.